The van der Waals surface area contributed by atoms with Crippen LogP contribution >= 0.6 is 0 Å². The van der Waals surface area contributed by atoms with Gasteiger partial charge >= 0.3 is 35.5 Å². The van der Waals surface area contributed by atoms with E-state index in [2.05, 4.69) is 13.8 Å². The molecule has 0 bridgehead atoms. The van der Waals surface area contributed by atoms with Gasteiger partial charge < -0.3 is 9.29 Å². The summed E-state index contributed by atoms with van der Waals surface area (Å²) in [5.74, 6) is -0.860. The van der Waals surface area contributed by atoms with Crippen LogP contribution in [0.25, 0.3) is 0 Å². The summed E-state index contributed by atoms with van der Waals surface area (Å²) in [5.41, 5.74) is 0. The zero-order valence-corrected chi connectivity index (χ0v) is 23.5. The Morgan fingerprint density at radius 2 is 1.03 bits per heavy atom. The molecule has 0 N–H and O–H groups in total. The maximum Gasteiger partial charge on any atom is 1.00 e. The third kappa shape index (κ3) is 22.0. The van der Waals surface area contributed by atoms with Crippen molar-refractivity contribution in [2.24, 2.45) is 0 Å². The van der Waals surface area contributed by atoms with E-state index < -0.39 is 21.3 Å². The topological polar surface area (TPSA) is 83.5 Å². The van der Waals surface area contributed by atoms with Gasteiger partial charge in [-0.15, -0.1) is 0 Å². The zero-order chi connectivity index (χ0) is 22.5. The van der Waals surface area contributed by atoms with Crippen molar-refractivity contribution in [3.05, 3.63) is 0 Å². The fourth-order valence-electron chi connectivity index (χ4n) is 3.70. The van der Waals surface area contributed by atoms with Crippen molar-refractivity contribution in [1.29, 1.82) is 0 Å². The minimum absolute atomic E-state index is 0. The maximum atomic E-state index is 12.1. The molecule has 0 aliphatic carbocycles. The minimum Gasteiger partial charge on any atom is -0.747 e. The van der Waals surface area contributed by atoms with Crippen LogP contribution in [-0.4, -0.2) is 30.8 Å². The second-order valence-electron chi connectivity index (χ2n) is 8.59. The first kappa shape index (κ1) is 33.6. The zero-order valence-electron chi connectivity index (χ0n) is 20.7. The molecule has 0 aliphatic rings. The summed E-state index contributed by atoms with van der Waals surface area (Å²) in [6.45, 7) is 4.59. The Labute approximate surface area is 214 Å². The van der Waals surface area contributed by atoms with Gasteiger partial charge in [0.25, 0.3) is 0 Å². The van der Waals surface area contributed by atoms with Crippen LogP contribution in [-0.2, 0) is 19.6 Å². The van der Waals surface area contributed by atoms with Gasteiger partial charge in [0, 0.05) is 0 Å². The number of unbranched alkanes of at least 4 members (excludes halogenated alkanes) is 16. The molecule has 7 heteroatoms. The summed E-state index contributed by atoms with van der Waals surface area (Å²) in [4.78, 5) is 12.1. The molecule has 0 saturated heterocycles. The van der Waals surface area contributed by atoms with Gasteiger partial charge in [-0.1, -0.05) is 123 Å². The fraction of sp³-hybridized carbons (Fsp3) is 0.958. The smallest absolute Gasteiger partial charge is 0.747 e. The number of carbonyl (C=O) groups is 1. The van der Waals surface area contributed by atoms with Gasteiger partial charge in [-0.05, 0) is 12.8 Å². The molecular weight excluding hydrogens is 423 g/mol. The molecule has 0 aliphatic heterocycles. The summed E-state index contributed by atoms with van der Waals surface area (Å²) in [6, 6.07) is 0. The second kappa shape index (κ2) is 23.5. The van der Waals surface area contributed by atoms with Crippen molar-refractivity contribution >= 4 is 16.1 Å². The quantitative estimate of drug-likeness (QED) is 0.104. The average Bonchev–Trinajstić information content (AvgIpc) is 2.69. The Hall–Kier alpha value is 0.380. The average molecular weight is 471 g/mol. The van der Waals surface area contributed by atoms with Gasteiger partial charge in [0.05, 0.1) is 6.61 Å². The molecule has 0 aromatic carbocycles. The largest absolute Gasteiger partial charge is 1.00 e. The molecule has 0 heterocycles. The molecule has 0 fully saturated rings. The summed E-state index contributed by atoms with van der Waals surface area (Å²) < 4.78 is 39.4. The van der Waals surface area contributed by atoms with E-state index in [1.807, 2.05) is 0 Å². The first-order valence-electron chi connectivity index (χ1n) is 12.5. The van der Waals surface area contributed by atoms with Gasteiger partial charge in [-0.2, -0.15) is 0 Å². The Morgan fingerprint density at radius 3 is 1.42 bits per heavy atom. The van der Waals surface area contributed by atoms with E-state index in [1.54, 1.807) is 0 Å². The summed E-state index contributed by atoms with van der Waals surface area (Å²) in [6.07, 6.45) is 20.4. The number of hydrogen-bond acceptors (Lipinski definition) is 5. The van der Waals surface area contributed by atoms with Gasteiger partial charge in [0.1, 0.15) is 15.4 Å². The predicted octanol–water partition coefficient (Wildman–Crippen LogP) is 3.90. The monoisotopic (exact) mass is 470 g/mol. The van der Waals surface area contributed by atoms with Gasteiger partial charge in [-0.3, -0.25) is 4.79 Å². The first-order valence-corrected chi connectivity index (χ1v) is 14.0. The van der Waals surface area contributed by atoms with Crippen LogP contribution in [0, 0.1) is 0 Å². The molecule has 0 rings (SSSR count). The molecule has 1 unspecified atom stereocenters. The maximum absolute atomic E-state index is 12.1. The molecule has 1 atom stereocenters. The van der Waals surface area contributed by atoms with Crippen molar-refractivity contribution in [3.8, 4) is 0 Å². The predicted molar refractivity (Wildman–Crippen MR) is 124 cm³/mol. The summed E-state index contributed by atoms with van der Waals surface area (Å²) in [7, 11) is -4.66. The van der Waals surface area contributed by atoms with E-state index in [0.29, 0.717) is 6.42 Å². The molecule has 0 aromatic heterocycles. The third-order valence-corrected chi connectivity index (χ3v) is 6.80. The molecule has 0 radical (unpaired) electrons. The van der Waals surface area contributed by atoms with Crippen LogP contribution in [0.15, 0.2) is 0 Å². The molecule has 5 nitrogen and oxygen atoms in total. The molecule has 180 valence electrons. The van der Waals surface area contributed by atoms with Crippen molar-refractivity contribution in [2.75, 3.05) is 6.61 Å². The van der Waals surface area contributed by atoms with Crippen LogP contribution in [0.1, 0.15) is 136 Å². The number of carbonyl (C=O) groups excluding carboxylic acids is 1. The molecule has 0 amide bonds. The van der Waals surface area contributed by atoms with Crippen LogP contribution in [0.2, 0.25) is 0 Å². The number of rotatable bonds is 22. The van der Waals surface area contributed by atoms with Crippen LogP contribution < -0.4 is 29.6 Å². The van der Waals surface area contributed by atoms with Gasteiger partial charge in [0.15, 0.2) is 0 Å². The third-order valence-electron chi connectivity index (χ3n) is 5.67. The van der Waals surface area contributed by atoms with E-state index in [1.165, 1.54) is 70.6 Å². The van der Waals surface area contributed by atoms with E-state index >= 15 is 0 Å². The van der Waals surface area contributed by atoms with Crippen LogP contribution in [0.4, 0.5) is 0 Å². The van der Waals surface area contributed by atoms with Crippen molar-refractivity contribution < 1.29 is 52.1 Å². The Morgan fingerprint density at radius 1 is 0.677 bits per heavy atom. The number of esters is 1. The Bertz CT molecular complexity index is 496. The van der Waals surface area contributed by atoms with Crippen LogP contribution in [0.5, 0.6) is 0 Å². The van der Waals surface area contributed by atoms with Crippen molar-refractivity contribution in [3.63, 3.8) is 0 Å². The first-order chi connectivity index (χ1) is 14.4. The number of hydrogen-bond donors (Lipinski definition) is 0. The van der Waals surface area contributed by atoms with Crippen LogP contribution in [0.3, 0.4) is 0 Å². The molecule has 0 saturated carbocycles. The minimum atomic E-state index is -4.66. The molecular formula is C24H47NaO5S. The van der Waals surface area contributed by atoms with E-state index in [0.717, 1.165) is 38.5 Å². The standard InChI is InChI=1S/C24H48O5S.Na/c1-3-5-7-9-11-12-13-14-15-16-17-19-21-23(30(26,27)28)24(25)29-22-20-18-10-8-6-4-2;/h23H,3-22H2,1-2H3,(H,26,27,28);/q;+1/p-1. The summed E-state index contributed by atoms with van der Waals surface area (Å²) >= 11 is 0. The molecule has 0 aromatic rings. The normalized spacial score (nSPS) is 12.4. The fourth-order valence-corrected chi connectivity index (χ4v) is 4.46. The van der Waals surface area contributed by atoms with E-state index in [-0.39, 0.29) is 42.6 Å². The number of ether oxygens (including phenoxy) is 1. The molecule has 0 spiro atoms. The van der Waals surface area contributed by atoms with Crippen molar-refractivity contribution in [2.45, 2.75) is 141 Å². The Balaban J connectivity index is 0. The van der Waals surface area contributed by atoms with Gasteiger partial charge in [0.2, 0.25) is 0 Å². The second-order valence-corrected chi connectivity index (χ2v) is 10.1. The van der Waals surface area contributed by atoms with Crippen molar-refractivity contribution in [1.82, 2.24) is 0 Å². The Kier molecular flexibility index (Phi) is 25.5. The van der Waals surface area contributed by atoms with E-state index in [4.69, 9.17) is 4.74 Å². The molecule has 31 heavy (non-hydrogen) atoms. The SMILES string of the molecule is CCCCCCCCCCCCCCC(C(=O)OCCCCCCCC)S(=O)(=O)[O-].[Na+]. The van der Waals surface area contributed by atoms with Gasteiger partial charge in [-0.25, -0.2) is 8.42 Å². The van der Waals surface area contributed by atoms with E-state index in [9.17, 15) is 17.8 Å². The summed E-state index contributed by atoms with van der Waals surface area (Å²) in [5, 5.41) is -1.54.